The van der Waals surface area contributed by atoms with Gasteiger partial charge in [-0.3, -0.25) is 4.79 Å². The van der Waals surface area contributed by atoms with Crippen LogP contribution in [0, 0.1) is 6.92 Å². The van der Waals surface area contributed by atoms with Crippen LogP contribution in [0.5, 0.6) is 5.75 Å². The monoisotopic (exact) mass is 506 g/mol. The number of aryl methyl sites for hydroxylation is 1. The Balaban J connectivity index is 1.89. The van der Waals surface area contributed by atoms with Crippen molar-refractivity contribution in [2.75, 3.05) is 11.9 Å². The van der Waals surface area contributed by atoms with Gasteiger partial charge < -0.3 is 10.1 Å². The first-order chi connectivity index (χ1) is 15.7. The van der Waals surface area contributed by atoms with Crippen molar-refractivity contribution in [1.29, 1.82) is 0 Å². The van der Waals surface area contributed by atoms with E-state index in [1.807, 2.05) is 37.3 Å². The molecule has 3 rings (SSSR count). The van der Waals surface area contributed by atoms with Crippen molar-refractivity contribution in [1.82, 2.24) is 4.72 Å². The Labute approximate surface area is 203 Å². The second kappa shape index (κ2) is 11.0. The summed E-state index contributed by atoms with van der Waals surface area (Å²) in [6.45, 7) is 4.08. The van der Waals surface area contributed by atoms with Gasteiger partial charge in [0.15, 0.2) is 0 Å². The highest BCUT2D eigenvalue weighted by Gasteiger charge is 2.27. The Kier molecular flexibility index (Phi) is 8.37. The van der Waals surface area contributed by atoms with E-state index >= 15 is 0 Å². The fourth-order valence-electron chi connectivity index (χ4n) is 3.22. The van der Waals surface area contributed by atoms with Gasteiger partial charge in [0.1, 0.15) is 11.8 Å². The summed E-state index contributed by atoms with van der Waals surface area (Å²) >= 11 is 12.2. The van der Waals surface area contributed by atoms with E-state index < -0.39 is 22.0 Å². The smallest absolute Gasteiger partial charge is 0.242 e. The molecular formula is C24H24Cl2N2O4S. The third kappa shape index (κ3) is 6.48. The van der Waals surface area contributed by atoms with E-state index in [0.29, 0.717) is 23.6 Å². The average molecular weight is 507 g/mol. The number of hydrogen-bond donors (Lipinski definition) is 2. The summed E-state index contributed by atoms with van der Waals surface area (Å²) in [5.41, 5.74) is 1.76. The van der Waals surface area contributed by atoms with Crippen molar-refractivity contribution in [3.8, 4) is 5.75 Å². The average Bonchev–Trinajstić information content (AvgIpc) is 2.78. The van der Waals surface area contributed by atoms with Crippen LogP contribution in [0.25, 0.3) is 0 Å². The first-order valence-electron chi connectivity index (χ1n) is 10.3. The second-order valence-corrected chi connectivity index (χ2v) is 9.81. The van der Waals surface area contributed by atoms with Crippen LogP contribution in [-0.2, 0) is 21.2 Å². The normalized spacial score (nSPS) is 12.2. The number of carbonyl (C=O) groups excluding carboxylic acids is 1. The molecule has 9 heteroatoms. The number of amides is 1. The van der Waals surface area contributed by atoms with Crippen LogP contribution in [0.1, 0.15) is 18.1 Å². The summed E-state index contributed by atoms with van der Waals surface area (Å²) in [5.74, 6) is 0.0416. The number of benzene rings is 3. The topological polar surface area (TPSA) is 84.5 Å². The minimum atomic E-state index is -4.01. The summed E-state index contributed by atoms with van der Waals surface area (Å²) in [4.78, 5) is 13.2. The number of hydrogen-bond acceptors (Lipinski definition) is 4. The lowest BCUT2D eigenvalue weighted by molar-refractivity contribution is -0.117. The molecule has 3 aromatic carbocycles. The lowest BCUT2D eigenvalue weighted by atomic mass is 10.1. The number of rotatable bonds is 9. The van der Waals surface area contributed by atoms with Gasteiger partial charge in [0.05, 0.1) is 27.2 Å². The molecule has 0 fully saturated rings. The van der Waals surface area contributed by atoms with Gasteiger partial charge in [0.25, 0.3) is 0 Å². The predicted octanol–water partition coefficient (Wildman–Crippen LogP) is 5.23. The maximum atomic E-state index is 13.2. The quantitative estimate of drug-likeness (QED) is 0.416. The van der Waals surface area contributed by atoms with Crippen molar-refractivity contribution >= 4 is 44.8 Å². The minimum Gasteiger partial charge on any atom is -0.494 e. The van der Waals surface area contributed by atoms with Crippen molar-refractivity contribution in [2.24, 2.45) is 0 Å². The molecule has 0 heterocycles. The number of sulfonamides is 1. The van der Waals surface area contributed by atoms with Gasteiger partial charge in [-0.1, -0.05) is 59.6 Å². The van der Waals surface area contributed by atoms with E-state index in [0.717, 1.165) is 5.56 Å². The van der Waals surface area contributed by atoms with Crippen molar-refractivity contribution in [2.45, 2.75) is 31.2 Å². The predicted molar refractivity (Wildman–Crippen MR) is 132 cm³/mol. The summed E-state index contributed by atoms with van der Waals surface area (Å²) < 4.78 is 34.3. The Morgan fingerprint density at radius 3 is 2.42 bits per heavy atom. The maximum Gasteiger partial charge on any atom is 0.242 e. The zero-order valence-corrected chi connectivity index (χ0v) is 20.5. The molecule has 1 atom stereocenters. The van der Waals surface area contributed by atoms with E-state index in [4.69, 9.17) is 27.9 Å². The van der Waals surface area contributed by atoms with E-state index in [1.54, 1.807) is 31.2 Å². The molecule has 33 heavy (non-hydrogen) atoms. The zero-order chi connectivity index (χ0) is 24.0. The van der Waals surface area contributed by atoms with Gasteiger partial charge in [0.2, 0.25) is 15.9 Å². The number of ether oxygens (including phenoxy) is 1. The first-order valence-corrected chi connectivity index (χ1v) is 12.5. The molecule has 0 saturated heterocycles. The minimum absolute atomic E-state index is 0.0371. The van der Waals surface area contributed by atoms with Crippen LogP contribution in [-0.4, -0.2) is 27.0 Å². The number of carbonyl (C=O) groups is 1. The van der Waals surface area contributed by atoms with Crippen LogP contribution >= 0.6 is 23.2 Å². The number of nitrogens with one attached hydrogen (secondary N) is 2. The standard InChI is InChI=1S/C24H24Cl2N2O4S/c1-3-32-22-13-12-18(14-16(22)2)33(30,31)28-21(15-17-8-5-4-6-9-17)24(29)27-20-11-7-10-19(25)23(20)26/h4-14,21,28H,3,15H2,1-2H3,(H,27,29)/t21-/m1/s1. The summed E-state index contributed by atoms with van der Waals surface area (Å²) in [7, 11) is -4.01. The van der Waals surface area contributed by atoms with Crippen molar-refractivity contribution in [3.05, 3.63) is 87.9 Å². The summed E-state index contributed by atoms with van der Waals surface area (Å²) in [6, 6.07) is 17.4. The van der Waals surface area contributed by atoms with Crippen LogP contribution in [0.3, 0.4) is 0 Å². The second-order valence-electron chi connectivity index (χ2n) is 7.31. The van der Waals surface area contributed by atoms with Crippen LogP contribution < -0.4 is 14.8 Å². The summed E-state index contributed by atoms with van der Waals surface area (Å²) in [5, 5.41) is 3.13. The molecule has 3 aromatic rings. The highest BCUT2D eigenvalue weighted by Crippen LogP contribution is 2.30. The lowest BCUT2D eigenvalue weighted by Crippen LogP contribution is -2.45. The van der Waals surface area contributed by atoms with Gasteiger partial charge in [-0.25, -0.2) is 8.42 Å². The first kappa shape index (κ1) is 25.1. The third-order valence-corrected chi connectivity index (χ3v) is 7.15. The largest absolute Gasteiger partial charge is 0.494 e. The van der Waals surface area contributed by atoms with Crippen LogP contribution in [0.15, 0.2) is 71.6 Å². The van der Waals surface area contributed by atoms with Crippen LogP contribution in [0.4, 0.5) is 5.69 Å². The number of anilines is 1. The lowest BCUT2D eigenvalue weighted by Gasteiger charge is -2.20. The highest BCUT2D eigenvalue weighted by molar-refractivity contribution is 7.89. The molecule has 1 amide bonds. The fourth-order valence-corrected chi connectivity index (χ4v) is 4.85. The molecule has 0 radical (unpaired) electrons. The molecular weight excluding hydrogens is 483 g/mol. The molecule has 0 bridgehead atoms. The fraction of sp³-hybridized carbons (Fsp3) is 0.208. The molecule has 0 aliphatic heterocycles. The van der Waals surface area contributed by atoms with Gasteiger partial charge in [-0.2, -0.15) is 4.72 Å². The molecule has 6 nitrogen and oxygen atoms in total. The van der Waals surface area contributed by atoms with E-state index in [-0.39, 0.29) is 21.4 Å². The molecule has 0 aromatic heterocycles. The van der Waals surface area contributed by atoms with Gasteiger partial charge in [-0.15, -0.1) is 0 Å². The van der Waals surface area contributed by atoms with E-state index in [9.17, 15) is 13.2 Å². The van der Waals surface area contributed by atoms with Crippen molar-refractivity contribution < 1.29 is 17.9 Å². The number of halogens is 2. The Morgan fingerprint density at radius 2 is 1.76 bits per heavy atom. The van der Waals surface area contributed by atoms with E-state index in [1.165, 1.54) is 12.1 Å². The zero-order valence-electron chi connectivity index (χ0n) is 18.1. The molecule has 0 aliphatic carbocycles. The molecule has 2 N–H and O–H groups in total. The molecule has 0 spiro atoms. The Morgan fingerprint density at radius 1 is 1.03 bits per heavy atom. The van der Waals surface area contributed by atoms with Gasteiger partial charge in [0, 0.05) is 0 Å². The molecule has 174 valence electrons. The molecule has 0 aliphatic rings. The SMILES string of the molecule is CCOc1ccc(S(=O)(=O)N[C@H](Cc2ccccc2)C(=O)Nc2cccc(Cl)c2Cl)cc1C. The maximum absolute atomic E-state index is 13.2. The molecule has 0 saturated carbocycles. The molecule has 0 unspecified atom stereocenters. The van der Waals surface area contributed by atoms with E-state index in [2.05, 4.69) is 10.0 Å². The third-order valence-electron chi connectivity index (χ3n) is 4.86. The van der Waals surface area contributed by atoms with Crippen LogP contribution in [0.2, 0.25) is 10.0 Å². The Bertz CT molecular complexity index is 1230. The highest BCUT2D eigenvalue weighted by atomic mass is 35.5. The van der Waals surface area contributed by atoms with Crippen molar-refractivity contribution in [3.63, 3.8) is 0 Å². The Hall–Kier alpha value is -2.58. The van der Waals surface area contributed by atoms with Gasteiger partial charge >= 0.3 is 0 Å². The summed E-state index contributed by atoms with van der Waals surface area (Å²) in [6.07, 6.45) is 0.139. The van der Waals surface area contributed by atoms with Gasteiger partial charge in [-0.05, 0) is 61.7 Å².